The number of hydrogen-bond acceptors (Lipinski definition) is 3. The Morgan fingerprint density at radius 1 is 1.71 bits per heavy atom. The number of nitrogens with zero attached hydrogens (tertiary/aromatic N) is 3. The molecular formula is C9H13N3O2. The molecule has 1 aromatic heterocycles. The number of carbonyl (C=O) groups is 1. The van der Waals surface area contributed by atoms with Crippen molar-refractivity contribution < 1.29 is 9.90 Å². The number of carboxylic acids is 1. The Kier molecular flexibility index (Phi) is 3.84. The first-order valence-electron chi connectivity index (χ1n) is 4.44. The fourth-order valence-electron chi connectivity index (χ4n) is 1.10. The van der Waals surface area contributed by atoms with E-state index in [0.717, 1.165) is 25.0 Å². The summed E-state index contributed by atoms with van der Waals surface area (Å²) in [7, 11) is 0. The van der Waals surface area contributed by atoms with E-state index in [4.69, 9.17) is 5.11 Å². The molecule has 0 bridgehead atoms. The number of allylic oxidation sites excluding steroid dienone is 1. The summed E-state index contributed by atoms with van der Waals surface area (Å²) >= 11 is 0. The Morgan fingerprint density at radius 3 is 3.14 bits per heavy atom. The van der Waals surface area contributed by atoms with Gasteiger partial charge in [-0.1, -0.05) is 11.3 Å². The average Bonchev–Trinajstić information content (AvgIpc) is 2.52. The van der Waals surface area contributed by atoms with Gasteiger partial charge in [-0.3, -0.25) is 4.79 Å². The molecule has 1 heterocycles. The Labute approximate surface area is 82.0 Å². The topological polar surface area (TPSA) is 68.0 Å². The summed E-state index contributed by atoms with van der Waals surface area (Å²) in [6, 6.07) is 0. The maximum atomic E-state index is 10.3. The fraction of sp³-hybridized carbons (Fsp3) is 0.444. The quantitative estimate of drug-likeness (QED) is 0.540. The number of carboxylic acid groups (broad SMARTS) is 1. The highest BCUT2D eigenvalue weighted by atomic mass is 16.4. The molecule has 76 valence electrons. The van der Waals surface area contributed by atoms with Crippen LogP contribution >= 0.6 is 0 Å². The fourth-order valence-corrected chi connectivity index (χ4v) is 1.10. The highest BCUT2D eigenvalue weighted by molar-refractivity contribution is 5.66. The maximum Gasteiger partial charge on any atom is 0.325 e. The van der Waals surface area contributed by atoms with Crippen LogP contribution in [0.3, 0.4) is 0 Å². The van der Waals surface area contributed by atoms with E-state index in [0.29, 0.717) is 0 Å². The van der Waals surface area contributed by atoms with Crippen molar-refractivity contribution in [3.8, 4) is 0 Å². The minimum Gasteiger partial charge on any atom is -0.480 e. The molecule has 0 saturated carbocycles. The lowest BCUT2D eigenvalue weighted by Crippen LogP contribution is -2.08. The zero-order chi connectivity index (χ0) is 10.4. The summed E-state index contributed by atoms with van der Waals surface area (Å²) < 4.78 is 1.32. The van der Waals surface area contributed by atoms with E-state index in [1.807, 2.05) is 6.08 Å². The predicted octanol–water partition coefficient (Wildman–Crippen LogP) is 0.871. The summed E-state index contributed by atoms with van der Waals surface area (Å²) in [6.07, 6.45) is 6.23. The van der Waals surface area contributed by atoms with Crippen molar-refractivity contribution in [1.29, 1.82) is 0 Å². The van der Waals surface area contributed by atoms with E-state index in [9.17, 15) is 4.79 Å². The van der Waals surface area contributed by atoms with Crippen LogP contribution in [-0.2, 0) is 17.8 Å². The van der Waals surface area contributed by atoms with Gasteiger partial charge in [-0.15, -0.1) is 11.7 Å². The third-order valence-corrected chi connectivity index (χ3v) is 1.72. The van der Waals surface area contributed by atoms with E-state index in [2.05, 4.69) is 16.9 Å². The largest absolute Gasteiger partial charge is 0.480 e. The molecule has 1 rings (SSSR count). The van der Waals surface area contributed by atoms with E-state index in [1.54, 1.807) is 6.20 Å². The summed E-state index contributed by atoms with van der Waals surface area (Å²) in [5.74, 6) is -0.910. The second-order valence-corrected chi connectivity index (χ2v) is 2.98. The monoisotopic (exact) mass is 195 g/mol. The molecule has 0 aliphatic carbocycles. The Morgan fingerprint density at radius 2 is 2.50 bits per heavy atom. The predicted molar refractivity (Wildman–Crippen MR) is 50.8 cm³/mol. The first-order chi connectivity index (χ1) is 6.72. The van der Waals surface area contributed by atoms with Crippen LogP contribution in [0.2, 0.25) is 0 Å². The van der Waals surface area contributed by atoms with Gasteiger partial charge >= 0.3 is 5.97 Å². The molecule has 0 radical (unpaired) electrons. The Hall–Kier alpha value is -1.65. The molecule has 5 heteroatoms. The van der Waals surface area contributed by atoms with Crippen LogP contribution in [0, 0.1) is 0 Å². The first kappa shape index (κ1) is 10.4. The Bertz CT molecular complexity index is 320. The number of hydrogen-bond donors (Lipinski definition) is 1. The molecule has 1 aromatic rings. The maximum absolute atomic E-state index is 10.3. The van der Waals surface area contributed by atoms with Crippen LogP contribution in [0.4, 0.5) is 0 Å². The SMILES string of the molecule is C=CCCCc1cn(CC(=O)O)nn1. The molecule has 0 aromatic carbocycles. The van der Waals surface area contributed by atoms with Crippen LogP contribution in [0.5, 0.6) is 0 Å². The molecule has 0 aliphatic heterocycles. The molecule has 5 nitrogen and oxygen atoms in total. The molecule has 0 fully saturated rings. The van der Waals surface area contributed by atoms with Gasteiger partial charge in [-0.2, -0.15) is 0 Å². The van der Waals surface area contributed by atoms with Crippen LogP contribution in [0.25, 0.3) is 0 Å². The third kappa shape index (κ3) is 3.38. The standard InChI is InChI=1S/C9H13N3O2/c1-2-3-4-5-8-6-12(11-10-8)7-9(13)14/h2,6H,1,3-5,7H2,(H,13,14). The lowest BCUT2D eigenvalue weighted by atomic mass is 10.2. The van der Waals surface area contributed by atoms with Crippen molar-refractivity contribution in [2.45, 2.75) is 25.8 Å². The highest BCUT2D eigenvalue weighted by Gasteiger charge is 2.03. The van der Waals surface area contributed by atoms with Gasteiger partial charge in [0.25, 0.3) is 0 Å². The van der Waals surface area contributed by atoms with Crippen molar-refractivity contribution >= 4 is 5.97 Å². The molecule has 0 atom stereocenters. The number of aromatic nitrogens is 3. The number of aliphatic carboxylic acids is 1. The zero-order valence-electron chi connectivity index (χ0n) is 7.89. The number of aryl methyl sites for hydroxylation is 1. The van der Waals surface area contributed by atoms with E-state index >= 15 is 0 Å². The summed E-state index contributed by atoms with van der Waals surface area (Å²) in [4.78, 5) is 10.3. The van der Waals surface area contributed by atoms with Crippen molar-refractivity contribution in [2.75, 3.05) is 0 Å². The normalized spacial score (nSPS) is 10.0. The van der Waals surface area contributed by atoms with Gasteiger partial charge in [0, 0.05) is 6.20 Å². The van der Waals surface area contributed by atoms with Gasteiger partial charge in [-0.25, -0.2) is 4.68 Å². The zero-order valence-corrected chi connectivity index (χ0v) is 7.89. The Balaban J connectivity index is 2.42. The molecule has 0 amide bonds. The molecule has 0 unspecified atom stereocenters. The molecule has 0 aliphatic rings. The van der Waals surface area contributed by atoms with Gasteiger partial charge in [0.1, 0.15) is 6.54 Å². The van der Waals surface area contributed by atoms with Crippen LogP contribution in [0.1, 0.15) is 18.5 Å². The first-order valence-corrected chi connectivity index (χ1v) is 4.44. The van der Waals surface area contributed by atoms with Gasteiger partial charge in [-0.05, 0) is 19.3 Å². The van der Waals surface area contributed by atoms with E-state index in [-0.39, 0.29) is 6.54 Å². The van der Waals surface area contributed by atoms with Crippen molar-refractivity contribution in [2.24, 2.45) is 0 Å². The van der Waals surface area contributed by atoms with Gasteiger partial charge in [0.05, 0.1) is 5.69 Å². The summed E-state index contributed by atoms with van der Waals surface area (Å²) in [5, 5.41) is 16.0. The van der Waals surface area contributed by atoms with E-state index in [1.165, 1.54) is 4.68 Å². The van der Waals surface area contributed by atoms with Crippen LogP contribution in [0.15, 0.2) is 18.9 Å². The average molecular weight is 195 g/mol. The van der Waals surface area contributed by atoms with Crippen molar-refractivity contribution in [1.82, 2.24) is 15.0 Å². The second kappa shape index (κ2) is 5.16. The number of rotatable bonds is 6. The van der Waals surface area contributed by atoms with Gasteiger partial charge in [0.2, 0.25) is 0 Å². The van der Waals surface area contributed by atoms with E-state index < -0.39 is 5.97 Å². The summed E-state index contributed by atoms with van der Waals surface area (Å²) in [5.41, 5.74) is 0.827. The molecule has 0 saturated heterocycles. The molecule has 14 heavy (non-hydrogen) atoms. The molecule has 0 spiro atoms. The minimum atomic E-state index is -0.910. The van der Waals surface area contributed by atoms with Gasteiger partial charge in [0.15, 0.2) is 0 Å². The van der Waals surface area contributed by atoms with Crippen molar-refractivity contribution in [3.63, 3.8) is 0 Å². The lowest BCUT2D eigenvalue weighted by molar-refractivity contribution is -0.137. The minimum absolute atomic E-state index is 0.130. The van der Waals surface area contributed by atoms with Crippen LogP contribution in [-0.4, -0.2) is 26.1 Å². The smallest absolute Gasteiger partial charge is 0.325 e. The highest BCUT2D eigenvalue weighted by Crippen LogP contribution is 2.00. The lowest BCUT2D eigenvalue weighted by Gasteiger charge is -1.92. The second-order valence-electron chi connectivity index (χ2n) is 2.98. The third-order valence-electron chi connectivity index (χ3n) is 1.72. The van der Waals surface area contributed by atoms with Crippen molar-refractivity contribution in [3.05, 3.63) is 24.5 Å². The summed E-state index contributed by atoms with van der Waals surface area (Å²) in [6.45, 7) is 3.49. The van der Waals surface area contributed by atoms with Crippen LogP contribution < -0.4 is 0 Å². The van der Waals surface area contributed by atoms with Gasteiger partial charge < -0.3 is 5.11 Å². The molecule has 1 N–H and O–H groups in total. The number of unbranched alkanes of at least 4 members (excludes halogenated alkanes) is 1. The molecular weight excluding hydrogens is 182 g/mol.